The molecule has 1 heterocycles. The Morgan fingerprint density at radius 3 is 2.17 bits per heavy atom. The van der Waals surface area contributed by atoms with E-state index in [9.17, 15) is 13.6 Å². The molecule has 6 heteroatoms. The summed E-state index contributed by atoms with van der Waals surface area (Å²) in [6.45, 7) is 7.30. The van der Waals surface area contributed by atoms with Gasteiger partial charge in [-0.05, 0) is 52.0 Å². The zero-order valence-electron chi connectivity index (χ0n) is 17.0. The highest BCUT2D eigenvalue weighted by Crippen LogP contribution is 2.31. The molecule has 0 bridgehead atoms. The summed E-state index contributed by atoms with van der Waals surface area (Å²) < 4.78 is 35.3. The molecule has 0 radical (unpaired) electrons. The first kappa shape index (κ1) is 21.0. The molecule has 3 rings (SSSR count). The summed E-state index contributed by atoms with van der Waals surface area (Å²) in [6, 6.07) is 11.5. The van der Waals surface area contributed by atoms with E-state index in [2.05, 4.69) is 11.8 Å². The number of halogens is 2. The van der Waals surface area contributed by atoms with E-state index in [1.165, 1.54) is 0 Å². The molecular formula is C23H24F2N2O2. The predicted molar refractivity (Wildman–Crippen MR) is 108 cm³/mol. The molecule has 29 heavy (non-hydrogen) atoms. The minimum Gasteiger partial charge on any atom is -0.345 e. The summed E-state index contributed by atoms with van der Waals surface area (Å²) >= 11 is 0. The molecule has 1 amide bonds. The molecule has 0 unspecified atom stereocenters. The molecule has 0 spiro atoms. The van der Waals surface area contributed by atoms with Gasteiger partial charge in [0.2, 0.25) is 5.91 Å². The fourth-order valence-electron chi connectivity index (χ4n) is 3.43. The minimum atomic E-state index is -0.977. The first-order valence-electron chi connectivity index (χ1n) is 9.44. The fraction of sp³-hybridized carbons (Fsp3) is 0.348. The third-order valence-corrected chi connectivity index (χ3v) is 4.97. The molecule has 152 valence electrons. The van der Waals surface area contributed by atoms with Crippen molar-refractivity contribution < 1.29 is 18.3 Å². The number of rotatable bonds is 2. The first-order chi connectivity index (χ1) is 13.7. The van der Waals surface area contributed by atoms with Crippen molar-refractivity contribution in [2.75, 3.05) is 18.4 Å². The van der Waals surface area contributed by atoms with E-state index >= 15 is 0 Å². The van der Waals surface area contributed by atoms with Gasteiger partial charge in [-0.25, -0.2) is 8.78 Å². The van der Waals surface area contributed by atoms with Crippen LogP contribution in [0.25, 0.3) is 0 Å². The van der Waals surface area contributed by atoms with Gasteiger partial charge < -0.3 is 4.74 Å². The number of hydrogen-bond acceptors (Lipinski definition) is 3. The molecule has 0 N–H and O–H groups in total. The summed E-state index contributed by atoms with van der Waals surface area (Å²) in [6.07, 6.45) is 0. The highest BCUT2D eigenvalue weighted by atomic mass is 19.1. The van der Waals surface area contributed by atoms with Crippen molar-refractivity contribution in [3.63, 3.8) is 0 Å². The second kappa shape index (κ2) is 8.32. The molecule has 4 nitrogen and oxygen atoms in total. The quantitative estimate of drug-likeness (QED) is 0.713. The van der Waals surface area contributed by atoms with Gasteiger partial charge in [0.1, 0.15) is 19.1 Å². The number of ether oxygens (including phenoxy) is 1. The van der Waals surface area contributed by atoms with E-state index in [4.69, 9.17) is 4.74 Å². The third-order valence-electron chi connectivity index (χ3n) is 4.97. The Morgan fingerprint density at radius 2 is 1.59 bits per heavy atom. The van der Waals surface area contributed by atoms with Gasteiger partial charge in [0.25, 0.3) is 0 Å². The average molecular weight is 398 g/mol. The predicted octanol–water partition coefficient (Wildman–Crippen LogP) is 4.13. The minimum absolute atomic E-state index is 0.0271. The SMILES string of the molecule is CC(C)N1COCN(c2c(F)cc(C#Cc3ccccc3)cc2F)C(=O)C1(C)C. The van der Waals surface area contributed by atoms with Gasteiger partial charge in [-0.2, -0.15) is 0 Å². The van der Waals surface area contributed by atoms with E-state index in [1.807, 2.05) is 49.1 Å². The van der Waals surface area contributed by atoms with Gasteiger partial charge in [0.05, 0.1) is 5.54 Å². The molecule has 1 aliphatic rings. The van der Waals surface area contributed by atoms with Crippen LogP contribution in [-0.2, 0) is 9.53 Å². The molecule has 1 aliphatic heterocycles. The van der Waals surface area contributed by atoms with Gasteiger partial charge in [0.15, 0.2) is 11.6 Å². The maximum absolute atomic E-state index is 14.9. The topological polar surface area (TPSA) is 32.8 Å². The van der Waals surface area contributed by atoms with Gasteiger partial charge in [-0.15, -0.1) is 0 Å². The lowest BCUT2D eigenvalue weighted by atomic mass is 9.99. The molecule has 0 atom stereocenters. The number of carbonyl (C=O) groups is 1. The molecule has 0 aliphatic carbocycles. The van der Waals surface area contributed by atoms with Crippen molar-refractivity contribution in [3.8, 4) is 11.8 Å². The Bertz CT molecular complexity index is 939. The third kappa shape index (κ3) is 4.31. The van der Waals surface area contributed by atoms with E-state index < -0.39 is 28.8 Å². The summed E-state index contributed by atoms with van der Waals surface area (Å²) in [5.74, 6) is 3.50. The number of anilines is 1. The van der Waals surface area contributed by atoms with Crippen molar-refractivity contribution >= 4 is 11.6 Å². The van der Waals surface area contributed by atoms with Crippen LogP contribution in [0, 0.1) is 23.5 Å². The molecule has 0 aromatic heterocycles. The van der Waals surface area contributed by atoms with Crippen molar-refractivity contribution in [1.29, 1.82) is 0 Å². The zero-order valence-corrected chi connectivity index (χ0v) is 17.0. The number of hydrogen-bond donors (Lipinski definition) is 0. The van der Waals surface area contributed by atoms with Crippen molar-refractivity contribution in [3.05, 3.63) is 65.2 Å². The maximum atomic E-state index is 14.9. The van der Waals surface area contributed by atoms with Gasteiger partial charge >= 0.3 is 0 Å². The van der Waals surface area contributed by atoms with E-state index in [1.54, 1.807) is 13.8 Å². The Morgan fingerprint density at radius 1 is 1.00 bits per heavy atom. The Hall–Kier alpha value is -2.75. The Kier molecular flexibility index (Phi) is 6.02. The van der Waals surface area contributed by atoms with Crippen LogP contribution in [0.15, 0.2) is 42.5 Å². The van der Waals surface area contributed by atoms with Crippen LogP contribution in [0.4, 0.5) is 14.5 Å². The molecule has 1 saturated heterocycles. The standard InChI is InChI=1S/C23H24F2N2O2/c1-16(2)27-15-29-14-26(22(28)23(27,3)4)21-19(24)12-18(13-20(21)25)11-10-17-8-6-5-7-9-17/h5-9,12-13,16H,14-15H2,1-4H3. The average Bonchev–Trinajstić information content (AvgIpc) is 2.78. The Balaban J connectivity index is 1.95. The van der Waals surface area contributed by atoms with Crippen LogP contribution in [0.2, 0.25) is 0 Å². The fourth-order valence-corrected chi connectivity index (χ4v) is 3.43. The van der Waals surface area contributed by atoms with E-state index in [0.717, 1.165) is 22.6 Å². The molecule has 2 aromatic rings. The van der Waals surface area contributed by atoms with Crippen molar-refractivity contribution in [2.45, 2.75) is 39.3 Å². The van der Waals surface area contributed by atoms with Gasteiger partial charge in [0, 0.05) is 17.2 Å². The zero-order chi connectivity index (χ0) is 21.2. The van der Waals surface area contributed by atoms with Crippen LogP contribution in [0.1, 0.15) is 38.8 Å². The first-order valence-corrected chi connectivity index (χ1v) is 9.44. The molecular weight excluding hydrogens is 374 g/mol. The van der Waals surface area contributed by atoms with E-state index in [0.29, 0.717) is 0 Å². The van der Waals surface area contributed by atoms with Crippen molar-refractivity contribution in [2.24, 2.45) is 0 Å². The largest absolute Gasteiger partial charge is 0.345 e. The lowest BCUT2D eigenvalue weighted by Crippen LogP contribution is -2.56. The van der Waals surface area contributed by atoms with Crippen LogP contribution >= 0.6 is 0 Å². The smallest absolute Gasteiger partial charge is 0.249 e. The second-order valence-corrected chi connectivity index (χ2v) is 7.72. The van der Waals surface area contributed by atoms with Crippen LogP contribution in [0.3, 0.4) is 0 Å². The number of amides is 1. The molecule has 2 aromatic carbocycles. The lowest BCUT2D eigenvalue weighted by Gasteiger charge is -2.38. The van der Waals surface area contributed by atoms with Gasteiger partial charge in [-0.1, -0.05) is 30.0 Å². The normalized spacial score (nSPS) is 17.1. The highest BCUT2D eigenvalue weighted by molar-refractivity contribution is 6.00. The summed E-state index contributed by atoms with van der Waals surface area (Å²) in [4.78, 5) is 16.0. The monoisotopic (exact) mass is 398 g/mol. The van der Waals surface area contributed by atoms with E-state index in [-0.39, 0.29) is 25.1 Å². The van der Waals surface area contributed by atoms with Crippen molar-refractivity contribution in [1.82, 2.24) is 4.90 Å². The van der Waals surface area contributed by atoms with Gasteiger partial charge in [-0.3, -0.25) is 14.6 Å². The highest BCUT2D eigenvalue weighted by Gasteiger charge is 2.43. The van der Waals surface area contributed by atoms with Crippen LogP contribution in [-0.4, -0.2) is 35.8 Å². The number of benzene rings is 2. The summed E-state index contributed by atoms with van der Waals surface area (Å²) in [5, 5.41) is 0. The second-order valence-electron chi connectivity index (χ2n) is 7.72. The molecule has 0 saturated carbocycles. The summed E-state index contributed by atoms with van der Waals surface area (Å²) in [5.41, 5.74) is -0.461. The maximum Gasteiger partial charge on any atom is 0.249 e. The summed E-state index contributed by atoms with van der Waals surface area (Å²) in [7, 11) is 0. The lowest BCUT2D eigenvalue weighted by molar-refractivity contribution is -0.129. The molecule has 1 fully saturated rings. The van der Waals surface area contributed by atoms with Crippen LogP contribution < -0.4 is 4.90 Å². The number of nitrogens with zero attached hydrogens (tertiary/aromatic N) is 2. The van der Waals surface area contributed by atoms with Crippen LogP contribution in [0.5, 0.6) is 0 Å². The Labute approximate surface area is 170 Å². The number of carbonyl (C=O) groups excluding carboxylic acids is 1.